The molecule has 0 unspecified atom stereocenters. The number of carbonyl (C=O) groups excluding carboxylic acids is 1. The first-order chi connectivity index (χ1) is 15.7. The Hall–Kier alpha value is -2.93. The largest absolute Gasteiger partial charge is 0.491 e. The van der Waals surface area contributed by atoms with E-state index < -0.39 is 63.8 Å². The number of nitrogens with zero attached hydrogens (tertiary/aromatic N) is 1. The van der Waals surface area contributed by atoms with Crippen LogP contribution < -0.4 is 15.0 Å². The fourth-order valence-electron chi connectivity index (χ4n) is 3.81. The molecule has 1 heterocycles. The number of carbonyl (C=O) groups is 1. The van der Waals surface area contributed by atoms with Gasteiger partial charge in [0.25, 0.3) is 0 Å². The average molecular weight is 507 g/mol. The van der Waals surface area contributed by atoms with Crippen molar-refractivity contribution in [1.82, 2.24) is 0 Å². The predicted octanol–water partition coefficient (Wildman–Crippen LogP) is 4.17. The molecule has 1 saturated heterocycles. The molecule has 186 valence electrons. The molecular weight excluding hydrogens is 485 g/mol. The van der Waals surface area contributed by atoms with E-state index >= 15 is 0 Å². The van der Waals surface area contributed by atoms with Crippen molar-refractivity contribution in [2.24, 2.45) is 0 Å². The van der Waals surface area contributed by atoms with Gasteiger partial charge in [-0.2, -0.15) is 17.6 Å². The molecule has 2 aromatic rings. The summed E-state index contributed by atoms with van der Waals surface area (Å²) in [5, 5.41) is 2.45. The summed E-state index contributed by atoms with van der Waals surface area (Å²) in [6, 6.07) is 5.76. The van der Waals surface area contributed by atoms with E-state index in [1.165, 1.54) is 30.5 Å². The second-order valence-corrected chi connectivity index (χ2v) is 9.98. The lowest BCUT2D eigenvalue weighted by molar-refractivity contribution is -0.261. The highest BCUT2D eigenvalue weighted by atomic mass is 32.2. The van der Waals surface area contributed by atoms with Crippen molar-refractivity contribution in [2.45, 2.75) is 29.1 Å². The fourth-order valence-corrected chi connectivity index (χ4v) is 4.50. The summed E-state index contributed by atoms with van der Waals surface area (Å²) in [4.78, 5) is 14.2. The van der Waals surface area contributed by atoms with Crippen LogP contribution in [0.3, 0.4) is 0 Å². The van der Waals surface area contributed by atoms with Crippen molar-refractivity contribution >= 4 is 27.0 Å². The summed E-state index contributed by atoms with van der Waals surface area (Å²) < 4.78 is 99.4. The van der Waals surface area contributed by atoms with Gasteiger partial charge in [0.05, 0.1) is 29.1 Å². The van der Waals surface area contributed by atoms with Crippen molar-refractivity contribution < 1.29 is 40.4 Å². The molecule has 0 spiro atoms. The van der Waals surface area contributed by atoms with Gasteiger partial charge in [0.1, 0.15) is 6.04 Å². The summed E-state index contributed by atoms with van der Waals surface area (Å²) in [6.45, 7) is -0.887. The molecule has 2 aromatic carbocycles. The highest BCUT2D eigenvalue weighted by Crippen LogP contribution is 2.47. The lowest BCUT2D eigenvalue weighted by Gasteiger charge is -2.31. The number of methoxy groups -OCH3 is 2. The third kappa shape index (κ3) is 4.67. The van der Waals surface area contributed by atoms with E-state index in [1.807, 2.05) is 0 Å². The number of benzene rings is 2. The summed E-state index contributed by atoms with van der Waals surface area (Å²) >= 11 is 0. The highest BCUT2D eigenvalue weighted by molar-refractivity contribution is 7.91. The standard InChI is InChI=1S/C21H22F5N3O4S/c1-32-18-15(8-7-14(22)17(18)23)29-11-20(33-2,21(24,25)26)10-16(29)19(30)28-12-5-4-6-13(9-12)34(3,27)31/h4-9,16,27H,10-11H2,1-3H3,(H,28,30)/t16-,20+,34-/m1/s1. The zero-order chi connectivity index (χ0) is 25.5. The quantitative estimate of drug-likeness (QED) is 0.573. The number of hydrogen-bond acceptors (Lipinski definition) is 6. The number of amides is 1. The van der Waals surface area contributed by atoms with Crippen molar-refractivity contribution in [3.8, 4) is 5.75 Å². The minimum Gasteiger partial charge on any atom is -0.491 e. The number of halogens is 5. The van der Waals surface area contributed by atoms with E-state index in [0.717, 1.165) is 31.3 Å². The predicted molar refractivity (Wildman–Crippen MR) is 115 cm³/mol. The maximum absolute atomic E-state index is 14.3. The van der Waals surface area contributed by atoms with Crippen LogP contribution in [0.25, 0.3) is 0 Å². The Bertz CT molecular complexity index is 1210. The van der Waals surface area contributed by atoms with Gasteiger partial charge in [-0.15, -0.1) is 0 Å². The molecule has 1 amide bonds. The van der Waals surface area contributed by atoms with E-state index in [-0.39, 0.29) is 16.3 Å². The van der Waals surface area contributed by atoms with Crippen LogP contribution in [-0.2, 0) is 19.3 Å². The van der Waals surface area contributed by atoms with E-state index in [0.29, 0.717) is 0 Å². The van der Waals surface area contributed by atoms with Gasteiger partial charge in [0, 0.05) is 30.4 Å². The van der Waals surface area contributed by atoms with Crippen LogP contribution in [0.15, 0.2) is 41.3 Å². The minimum atomic E-state index is -4.89. The number of hydrogen-bond donors (Lipinski definition) is 2. The monoisotopic (exact) mass is 507 g/mol. The third-order valence-electron chi connectivity index (χ3n) is 5.63. The molecule has 3 rings (SSSR count). The SMILES string of the molecule is COc1c(N2C[C@](OC)(C(F)(F)F)C[C@@H]2C(=O)Nc2cccc([S@](C)(=N)=O)c2)ccc(F)c1F. The summed E-state index contributed by atoms with van der Waals surface area (Å²) in [5.74, 6) is -4.25. The van der Waals surface area contributed by atoms with Crippen LogP contribution in [0, 0.1) is 16.4 Å². The second-order valence-electron chi connectivity index (χ2n) is 7.82. The molecule has 7 nitrogen and oxygen atoms in total. The van der Waals surface area contributed by atoms with Crippen molar-refractivity contribution in [3.63, 3.8) is 0 Å². The molecule has 2 N–H and O–H groups in total. The molecule has 0 radical (unpaired) electrons. The third-order valence-corrected chi connectivity index (χ3v) is 6.78. The molecule has 0 saturated carbocycles. The lowest BCUT2D eigenvalue weighted by atomic mass is 9.99. The summed E-state index contributed by atoms with van der Waals surface area (Å²) in [7, 11) is -1.24. The Morgan fingerprint density at radius 2 is 1.91 bits per heavy atom. The first kappa shape index (κ1) is 25.7. The molecule has 34 heavy (non-hydrogen) atoms. The molecule has 1 aliphatic rings. The molecule has 0 aliphatic carbocycles. The van der Waals surface area contributed by atoms with Crippen molar-refractivity contribution in [2.75, 3.05) is 37.2 Å². The van der Waals surface area contributed by atoms with E-state index in [1.54, 1.807) is 0 Å². The van der Waals surface area contributed by atoms with Crippen LogP contribution in [0.1, 0.15) is 6.42 Å². The smallest absolute Gasteiger partial charge is 0.419 e. The molecule has 3 atom stereocenters. The minimum absolute atomic E-state index is 0.100. The first-order valence-corrected chi connectivity index (χ1v) is 11.8. The molecule has 1 aliphatic heterocycles. The van der Waals surface area contributed by atoms with Gasteiger partial charge in [-0.25, -0.2) is 13.4 Å². The maximum atomic E-state index is 14.3. The Kier molecular flexibility index (Phi) is 6.82. The van der Waals surface area contributed by atoms with Crippen molar-refractivity contribution in [3.05, 3.63) is 48.0 Å². The summed E-state index contributed by atoms with van der Waals surface area (Å²) in [5.41, 5.74) is -2.93. The van der Waals surface area contributed by atoms with E-state index in [2.05, 4.69) is 5.32 Å². The van der Waals surface area contributed by atoms with E-state index in [4.69, 9.17) is 14.3 Å². The molecular formula is C21H22F5N3O4S. The number of alkyl halides is 3. The Morgan fingerprint density at radius 3 is 2.47 bits per heavy atom. The van der Waals surface area contributed by atoms with Crippen molar-refractivity contribution in [1.29, 1.82) is 4.78 Å². The number of anilines is 2. The van der Waals surface area contributed by atoms with Gasteiger partial charge >= 0.3 is 6.18 Å². The lowest BCUT2D eigenvalue weighted by Crippen LogP contribution is -2.49. The normalized spacial score (nSPS) is 22.4. The fraction of sp³-hybridized carbons (Fsp3) is 0.381. The zero-order valence-electron chi connectivity index (χ0n) is 18.3. The van der Waals surface area contributed by atoms with Gasteiger partial charge in [-0.05, 0) is 30.3 Å². The Labute approximate surface area is 192 Å². The number of rotatable bonds is 6. The van der Waals surface area contributed by atoms with Crippen LogP contribution in [0.4, 0.5) is 33.3 Å². The van der Waals surface area contributed by atoms with Gasteiger partial charge in [0.15, 0.2) is 17.2 Å². The van der Waals surface area contributed by atoms with Crippen LogP contribution in [-0.4, -0.2) is 55.0 Å². The second kappa shape index (κ2) is 9.02. The van der Waals surface area contributed by atoms with Gasteiger partial charge in [-0.3, -0.25) is 4.79 Å². The topological polar surface area (TPSA) is 91.7 Å². The van der Waals surface area contributed by atoms with Gasteiger partial charge in [-0.1, -0.05) is 6.07 Å². The van der Waals surface area contributed by atoms with E-state index in [9.17, 15) is 31.0 Å². The van der Waals surface area contributed by atoms with Crippen LogP contribution in [0.5, 0.6) is 5.75 Å². The zero-order valence-corrected chi connectivity index (χ0v) is 19.2. The first-order valence-electron chi connectivity index (χ1n) is 9.79. The molecule has 13 heteroatoms. The van der Waals surface area contributed by atoms with Gasteiger partial charge in [0.2, 0.25) is 11.7 Å². The summed E-state index contributed by atoms with van der Waals surface area (Å²) in [6.07, 6.45) is -4.55. The van der Waals surface area contributed by atoms with Crippen LogP contribution in [0.2, 0.25) is 0 Å². The maximum Gasteiger partial charge on any atom is 0.419 e. The Morgan fingerprint density at radius 1 is 1.24 bits per heavy atom. The Balaban J connectivity index is 2.06. The molecule has 0 aromatic heterocycles. The van der Waals surface area contributed by atoms with Gasteiger partial charge < -0.3 is 19.7 Å². The number of ether oxygens (including phenoxy) is 2. The average Bonchev–Trinajstić information content (AvgIpc) is 3.16. The van der Waals surface area contributed by atoms with Crippen LogP contribution >= 0.6 is 0 Å². The molecule has 0 bridgehead atoms. The number of nitrogens with one attached hydrogen (secondary N) is 2. The molecule has 1 fully saturated rings. The highest BCUT2D eigenvalue weighted by Gasteiger charge is 2.63.